The number of hydrogen-bond acceptors (Lipinski definition) is 5. The van der Waals surface area contributed by atoms with E-state index in [0.717, 1.165) is 15.3 Å². The highest BCUT2D eigenvalue weighted by atomic mass is 35.5. The Kier molecular flexibility index (Phi) is 8.31. The van der Waals surface area contributed by atoms with Gasteiger partial charge in [-0.15, -0.1) is 0 Å². The van der Waals surface area contributed by atoms with Crippen LogP contribution in [0.4, 0.5) is 13.2 Å². The topological polar surface area (TPSA) is 111 Å². The summed E-state index contributed by atoms with van der Waals surface area (Å²) >= 11 is 6.31. The number of nitrogens with one attached hydrogen (secondary N) is 1. The fraction of sp³-hybridized carbons (Fsp3) is 0.370. The quantitative estimate of drug-likeness (QED) is 0.489. The Labute approximate surface area is 235 Å². The lowest BCUT2D eigenvalue weighted by molar-refractivity contribution is -0.160. The van der Waals surface area contributed by atoms with Crippen molar-refractivity contribution in [3.8, 4) is 17.2 Å². The number of nitriles is 1. The Hall–Kier alpha value is -3.40. The van der Waals surface area contributed by atoms with E-state index in [1.807, 2.05) is 6.07 Å². The molecule has 2 heterocycles. The van der Waals surface area contributed by atoms with Gasteiger partial charge >= 0.3 is 0 Å². The lowest BCUT2D eigenvalue weighted by atomic mass is 9.93. The minimum absolute atomic E-state index is 0.0983. The summed E-state index contributed by atoms with van der Waals surface area (Å²) in [6.45, 7) is -0.408. The number of likely N-dealkylation sites (tertiary alicyclic amines) is 1. The van der Waals surface area contributed by atoms with Gasteiger partial charge in [0.05, 0.1) is 29.6 Å². The van der Waals surface area contributed by atoms with E-state index in [2.05, 4.69) is 5.32 Å². The Morgan fingerprint density at radius 3 is 2.35 bits per heavy atom. The maximum absolute atomic E-state index is 15.6. The zero-order chi connectivity index (χ0) is 29.3. The molecule has 0 saturated carbocycles. The maximum atomic E-state index is 15.6. The van der Waals surface area contributed by atoms with Crippen molar-refractivity contribution in [1.82, 2.24) is 14.5 Å². The summed E-state index contributed by atoms with van der Waals surface area (Å²) in [7, 11) is -4.15. The first-order valence-corrected chi connectivity index (χ1v) is 14.2. The smallest absolute Gasteiger partial charge is 0.282 e. The second kappa shape index (κ2) is 11.2. The average Bonchev–Trinajstić information content (AvgIpc) is 2.90. The van der Waals surface area contributed by atoms with Gasteiger partial charge in [0.15, 0.2) is 5.67 Å². The second-order valence-corrected chi connectivity index (χ2v) is 12.2. The van der Waals surface area contributed by atoms with Crippen molar-refractivity contribution in [3.05, 3.63) is 65.2 Å². The molecular formula is C27H26ClF3N4O4S. The van der Waals surface area contributed by atoms with Gasteiger partial charge < -0.3 is 10.2 Å². The molecule has 2 aromatic carbocycles. The van der Waals surface area contributed by atoms with Crippen LogP contribution in [0.3, 0.4) is 0 Å². The number of amides is 2. The predicted octanol–water partition coefficient (Wildman–Crippen LogP) is 3.91. The molecule has 212 valence electrons. The van der Waals surface area contributed by atoms with E-state index < -0.39 is 65.4 Å². The van der Waals surface area contributed by atoms with Gasteiger partial charge in [-0.2, -0.15) is 9.57 Å². The monoisotopic (exact) mass is 594 g/mol. The average molecular weight is 595 g/mol. The zero-order valence-corrected chi connectivity index (χ0v) is 23.0. The van der Waals surface area contributed by atoms with Crippen LogP contribution in [0.5, 0.6) is 0 Å². The molecule has 0 bridgehead atoms. The number of carbonyl (C=O) groups is 2. The van der Waals surface area contributed by atoms with Crippen molar-refractivity contribution in [1.29, 1.82) is 5.26 Å². The van der Waals surface area contributed by atoms with E-state index in [4.69, 9.17) is 11.6 Å². The van der Waals surface area contributed by atoms with E-state index >= 15 is 4.39 Å². The summed E-state index contributed by atoms with van der Waals surface area (Å²) in [5.74, 6) is -4.50. The first kappa shape index (κ1) is 29.6. The number of carbonyl (C=O) groups excluding carboxylic acids is 2. The van der Waals surface area contributed by atoms with E-state index in [1.54, 1.807) is 24.3 Å². The van der Waals surface area contributed by atoms with Crippen molar-refractivity contribution in [2.75, 3.05) is 26.2 Å². The molecule has 2 amide bonds. The molecule has 0 radical (unpaired) electrons. The number of hydrogen-bond donors (Lipinski definition) is 1. The Balaban J connectivity index is 1.43. The van der Waals surface area contributed by atoms with Gasteiger partial charge in [0.25, 0.3) is 11.8 Å². The molecule has 0 spiro atoms. The van der Waals surface area contributed by atoms with Crippen molar-refractivity contribution in [2.24, 2.45) is 0 Å². The first-order chi connectivity index (χ1) is 18.8. The highest BCUT2D eigenvalue weighted by Gasteiger charge is 2.46. The normalized spacial score (nSPS) is 19.4. The largest absolute Gasteiger partial charge is 0.347 e. The standard InChI is InChI=1S/C27H26ClF3N4O4S/c1-18(6-9-24(36)34-16-27(30,31)17-34)33-25(37)26(29)10-12-35(13-11-26)40(38,39)23-8-7-19(15-32)14-21(23)20-4-2-3-5-22(20)28/h2-9,14,18H,10-13,16-17H2,1H3,(H,33,37)/b9-6+/t18-/m1/s1. The van der Waals surface area contributed by atoms with Crippen molar-refractivity contribution in [2.45, 2.75) is 42.3 Å². The summed E-state index contributed by atoms with van der Waals surface area (Å²) < 4.78 is 69.8. The SMILES string of the molecule is C[C@H](/C=C/C(=O)N1CC(F)(F)C1)NC(=O)C1(F)CCN(S(=O)(=O)c2ccc(C#N)cc2-c2ccccc2Cl)CC1. The second-order valence-electron chi connectivity index (χ2n) is 9.84. The van der Waals surface area contributed by atoms with Crippen LogP contribution in [0.15, 0.2) is 59.5 Å². The van der Waals surface area contributed by atoms with Gasteiger partial charge in [-0.3, -0.25) is 9.59 Å². The first-order valence-electron chi connectivity index (χ1n) is 12.4. The summed E-state index contributed by atoms with van der Waals surface area (Å²) in [5.41, 5.74) is -1.47. The Morgan fingerprint density at radius 2 is 1.75 bits per heavy atom. The molecule has 2 fully saturated rings. The van der Waals surface area contributed by atoms with Crippen LogP contribution < -0.4 is 5.32 Å². The fourth-order valence-electron chi connectivity index (χ4n) is 4.55. The third kappa shape index (κ3) is 6.16. The van der Waals surface area contributed by atoms with Crippen molar-refractivity contribution < 1.29 is 31.2 Å². The highest BCUT2D eigenvalue weighted by Crippen LogP contribution is 2.37. The molecule has 2 aliphatic heterocycles. The van der Waals surface area contributed by atoms with Crippen LogP contribution in [0.1, 0.15) is 25.3 Å². The van der Waals surface area contributed by atoms with Crippen LogP contribution in [-0.2, 0) is 19.6 Å². The molecule has 40 heavy (non-hydrogen) atoms. The van der Waals surface area contributed by atoms with Gasteiger partial charge in [0.1, 0.15) is 0 Å². The minimum atomic E-state index is -4.15. The molecule has 0 aliphatic carbocycles. The van der Waals surface area contributed by atoms with Crippen molar-refractivity contribution in [3.63, 3.8) is 0 Å². The van der Waals surface area contributed by atoms with Gasteiger partial charge in [-0.05, 0) is 31.2 Å². The third-order valence-corrected chi connectivity index (χ3v) is 9.14. The molecule has 1 atom stereocenters. The number of benzene rings is 2. The number of rotatable bonds is 7. The molecule has 2 aliphatic rings. The molecule has 0 aromatic heterocycles. The number of alkyl halides is 3. The van der Waals surface area contributed by atoms with Gasteiger partial charge in [-0.1, -0.05) is 35.9 Å². The van der Waals surface area contributed by atoms with E-state index in [1.165, 1.54) is 31.2 Å². The number of sulfonamides is 1. The Bertz CT molecular complexity index is 1490. The lowest BCUT2D eigenvalue weighted by Gasteiger charge is -2.38. The molecular weight excluding hydrogens is 569 g/mol. The van der Waals surface area contributed by atoms with E-state index in [-0.39, 0.29) is 29.1 Å². The molecule has 13 heteroatoms. The van der Waals surface area contributed by atoms with Crippen LogP contribution in [-0.4, -0.2) is 73.2 Å². The van der Waals surface area contributed by atoms with E-state index in [9.17, 15) is 32.0 Å². The maximum Gasteiger partial charge on any atom is 0.282 e. The molecule has 1 N–H and O–H groups in total. The molecule has 4 rings (SSSR count). The summed E-state index contributed by atoms with van der Waals surface area (Å²) in [5, 5.41) is 12.1. The van der Waals surface area contributed by atoms with Crippen LogP contribution in [0, 0.1) is 11.3 Å². The molecule has 0 unspecified atom stereocenters. The summed E-state index contributed by atoms with van der Waals surface area (Å²) in [6, 6.07) is 11.9. The van der Waals surface area contributed by atoms with Crippen molar-refractivity contribution >= 4 is 33.4 Å². The number of halogens is 4. The van der Waals surface area contributed by atoms with Gasteiger partial charge in [0.2, 0.25) is 15.9 Å². The Morgan fingerprint density at radius 1 is 1.10 bits per heavy atom. The molecule has 2 saturated heterocycles. The third-order valence-electron chi connectivity index (χ3n) is 6.85. The lowest BCUT2D eigenvalue weighted by Crippen LogP contribution is -2.58. The number of piperidine rings is 1. The van der Waals surface area contributed by atoms with Crippen LogP contribution >= 0.6 is 11.6 Å². The molecule has 8 nitrogen and oxygen atoms in total. The summed E-state index contributed by atoms with van der Waals surface area (Å²) in [4.78, 5) is 25.5. The van der Waals surface area contributed by atoms with E-state index in [0.29, 0.717) is 10.6 Å². The van der Waals surface area contributed by atoms with Gasteiger partial charge in [0, 0.05) is 54.2 Å². The minimum Gasteiger partial charge on any atom is -0.347 e. The fourth-order valence-corrected chi connectivity index (χ4v) is 6.41. The predicted molar refractivity (Wildman–Crippen MR) is 142 cm³/mol. The van der Waals surface area contributed by atoms with Crippen LogP contribution in [0.2, 0.25) is 5.02 Å². The summed E-state index contributed by atoms with van der Waals surface area (Å²) in [6.07, 6.45) is 1.51. The number of nitrogens with zero attached hydrogens (tertiary/aromatic N) is 3. The zero-order valence-electron chi connectivity index (χ0n) is 21.4. The highest BCUT2D eigenvalue weighted by molar-refractivity contribution is 7.89. The van der Waals surface area contributed by atoms with Gasteiger partial charge in [-0.25, -0.2) is 21.6 Å². The van der Waals surface area contributed by atoms with Crippen LogP contribution in [0.25, 0.3) is 11.1 Å². The molecule has 2 aromatic rings.